The van der Waals surface area contributed by atoms with E-state index in [2.05, 4.69) is 13.8 Å². The van der Waals surface area contributed by atoms with Crippen LogP contribution in [0.3, 0.4) is 0 Å². The van der Waals surface area contributed by atoms with Crippen LogP contribution in [0.2, 0.25) is 0 Å². The van der Waals surface area contributed by atoms with Gasteiger partial charge in [0.15, 0.2) is 5.82 Å². The normalized spacial score (nSPS) is 23.4. The summed E-state index contributed by atoms with van der Waals surface area (Å²) in [7, 11) is 0. The number of esters is 1. The molecule has 4 heteroatoms. The Balaban J connectivity index is 1.19. The summed E-state index contributed by atoms with van der Waals surface area (Å²) in [5, 5.41) is 0. The second-order valence-electron chi connectivity index (χ2n) is 12.4. The molecule has 1 aromatic carbocycles. The van der Waals surface area contributed by atoms with Crippen molar-refractivity contribution in [2.45, 2.75) is 135 Å². The van der Waals surface area contributed by atoms with Crippen LogP contribution in [0.5, 0.6) is 5.75 Å². The molecular weight excluding hydrogens is 480 g/mol. The first-order chi connectivity index (χ1) is 19.2. The summed E-state index contributed by atoms with van der Waals surface area (Å²) < 4.78 is 5.73. The van der Waals surface area contributed by atoms with Crippen molar-refractivity contribution >= 4 is 5.97 Å². The lowest BCUT2D eigenvalue weighted by molar-refractivity contribution is -0.140. The van der Waals surface area contributed by atoms with Crippen molar-refractivity contribution in [2.75, 3.05) is 0 Å². The quantitative estimate of drug-likeness (QED) is 0.138. The molecule has 0 atom stereocenters. The minimum atomic E-state index is -0.0704. The highest BCUT2D eigenvalue weighted by molar-refractivity contribution is 5.75. The number of rotatable bonds is 14. The summed E-state index contributed by atoms with van der Waals surface area (Å²) in [6, 6.07) is 7.68. The van der Waals surface area contributed by atoms with Gasteiger partial charge in [0, 0.05) is 18.0 Å². The van der Waals surface area contributed by atoms with E-state index in [1.165, 1.54) is 95.5 Å². The molecule has 0 radical (unpaired) electrons. The molecule has 214 valence electrons. The Labute approximate surface area is 237 Å². The average molecular weight is 533 g/mol. The first-order valence-electron chi connectivity index (χ1n) is 16.3. The minimum Gasteiger partial charge on any atom is -0.426 e. The van der Waals surface area contributed by atoms with Gasteiger partial charge in [0.1, 0.15) is 5.75 Å². The van der Waals surface area contributed by atoms with E-state index in [9.17, 15) is 4.79 Å². The Morgan fingerprint density at radius 3 is 1.92 bits per heavy atom. The third-order valence-electron chi connectivity index (χ3n) is 9.43. The molecule has 1 aromatic heterocycles. The molecule has 2 fully saturated rings. The Morgan fingerprint density at radius 1 is 0.718 bits per heavy atom. The topological polar surface area (TPSA) is 52.1 Å². The molecule has 1 heterocycles. The number of ether oxygens (including phenoxy) is 1. The van der Waals surface area contributed by atoms with Crippen molar-refractivity contribution in [3.8, 4) is 17.1 Å². The van der Waals surface area contributed by atoms with Crippen molar-refractivity contribution in [1.29, 1.82) is 0 Å². The van der Waals surface area contributed by atoms with E-state index >= 15 is 0 Å². The number of aromatic nitrogens is 2. The van der Waals surface area contributed by atoms with Gasteiger partial charge in [-0.3, -0.25) is 4.79 Å². The predicted molar refractivity (Wildman–Crippen MR) is 161 cm³/mol. The largest absolute Gasteiger partial charge is 0.426 e. The fourth-order valence-corrected chi connectivity index (χ4v) is 6.75. The highest BCUT2D eigenvalue weighted by Gasteiger charge is 2.27. The fourth-order valence-electron chi connectivity index (χ4n) is 6.75. The Morgan fingerprint density at radius 2 is 1.28 bits per heavy atom. The van der Waals surface area contributed by atoms with Crippen molar-refractivity contribution in [1.82, 2.24) is 9.97 Å². The van der Waals surface area contributed by atoms with Crippen molar-refractivity contribution in [3.63, 3.8) is 0 Å². The van der Waals surface area contributed by atoms with Gasteiger partial charge in [0.25, 0.3) is 0 Å². The summed E-state index contributed by atoms with van der Waals surface area (Å²) in [4.78, 5) is 22.1. The van der Waals surface area contributed by atoms with Crippen LogP contribution in [0.25, 0.3) is 11.4 Å². The predicted octanol–water partition coefficient (Wildman–Crippen LogP) is 10.1. The van der Waals surface area contributed by atoms with Gasteiger partial charge < -0.3 is 4.74 Å². The van der Waals surface area contributed by atoms with Crippen LogP contribution < -0.4 is 4.74 Å². The van der Waals surface area contributed by atoms with Gasteiger partial charge in [-0.15, -0.1) is 0 Å². The summed E-state index contributed by atoms with van der Waals surface area (Å²) in [5.74, 6) is 3.64. The molecular formula is C35H52N2O2. The maximum absolute atomic E-state index is 12.7. The van der Waals surface area contributed by atoms with Gasteiger partial charge in [-0.2, -0.15) is 0 Å². The van der Waals surface area contributed by atoms with Crippen LogP contribution in [-0.4, -0.2) is 15.9 Å². The molecule has 0 saturated heterocycles. The van der Waals surface area contributed by atoms with Crippen molar-refractivity contribution in [2.24, 2.45) is 17.8 Å². The molecule has 0 aliphatic heterocycles. The zero-order valence-electron chi connectivity index (χ0n) is 24.7. The molecule has 39 heavy (non-hydrogen) atoms. The van der Waals surface area contributed by atoms with Gasteiger partial charge in [-0.05, 0) is 98.9 Å². The Hall–Kier alpha value is -2.23. The first-order valence-corrected chi connectivity index (χ1v) is 16.3. The van der Waals surface area contributed by atoms with Crippen LogP contribution in [0.1, 0.15) is 141 Å². The molecule has 2 aliphatic rings. The SMILES string of the molecule is CCCCCCCC[C@H]1CC[C@H](c2cnc(-c3ccc(OC(=O)C4CCC(CCCC)CC4)cc3)nc2)CC1. The van der Waals surface area contributed by atoms with Crippen LogP contribution >= 0.6 is 0 Å². The Kier molecular flexibility index (Phi) is 12.3. The molecule has 0 N–H and O–H groups in total. The van der Waals surface area contributed by atoms with Crippen LogP contribution in [0.15, 0.2) is 36.7 Å². The number of carbonyl (C=O) groups excluding carboxylic acids is 1. The second-order valence-corrected chi connectivity index (χ2v) is 12.4. The first kappa shape index (κ1) is 29.7. The molecule has 0 bridgehead atoms. The molecule has 0 spiro atoms. The van der Waals surface area contributed by atoms with E-state index < -0.39 is 0 Å². The number of nitrogens with zero attached hydrogens (tertiary/aromatic N) is 2. The highest BCUT2D eigenvalue weighted by atomic mass is 16.5. The van der Waals surface area contributed by atoms with E-state index in [4.69, 9.17) is 14.7 Å². The summed E-state index contributed by atoms with van der Waals surface area (Å²) in [5.41, 5.74) is 2.24. The van der Waals surface area contributed by atoms with E-state index in [1.807, 2.05) is 36.7 Å². The van der Waals surface area contributed by atoms with E-state index in [0.717, 1.165) is 48.9 Å². The number of carbonyl (C=O) groups is 1. The van der Waals surface area contributed by atoms with Crippen molar-refractivity contribution in [3.05, 3.63) is 42.2 Å². The molecule has 2 saturated carbocycles. The van der Waals surface area contributed by atoms with Gasteiger partial charge in [-0.25, -0.2) is 9.97 Å². The zero-order chi connectivity index (χ0) is 27.3. The van der Waals surface area contributed by atoms with Crippen LogP contribution in [0, 0.1) is 17.8 Å². The molecule has 2 aliphatic carbocycles. The lowest BCUT2D eigenvalue weighted by atomic mass is 9.77. The zero-order valence-corrected chi connectivity index (χ0v) is 24.7. The lowest BCUT2D eigenvalue weighted by Gasteiger charge is -2.28. The average Bonchev–Trinajstić information content (AvgIpc) is 2.99. The minimum absolute atomic E-state index is 0.0454. The number of benzene rings is 1. The van der Waals surface area contributed by atoms with E-state index in [-0.39, 0.29) is 11.9 Å². The Bertz CT molecular complexity index is 955. The molecule has 2 aromatic rings. The van der Waals surface area contributed by atoms with Gasteiger partial charge in [0.05, 0.1) is 5.92 Å². The molecule has 4 rings (SSSR count). The second kappa shape index (κ2) is 16.1. The summed E-state index contributed by atoms with van der Waals surface area (Å²) in [6.45, 7) is 4.54. The lowest BCUT2D eigenvalue weighted by Crippen LogP contribution is -2.25. The van der Waals surface area contributed by atoms with Crippen molar-refractivity contribution < 1.29 is 9.53 Å². The molecule has 4 nitrogen and oxygen atoms in total. The van der Waals surface area contributed by atoms with Gasteiger partial charge in [0.2, 0.25) is 0 Å². The third kappa shape index (κ3) is 9.43. The number of hydrogen-bond donors (Lipinski definition) is 0. The molecule has 0 unspecified atom stereocenters. The van der Waals surface area contributed by atoms with E-state index in [0.29, 0.717) is 11.7 Å². The number of unbranched alkanes of at least 4 members (excludes halogenated alkanes) is 6. The molecule has 0 amide bonds. The van der Waals surface area contributed by atoms with Gasteiger partial charge in [-0.1, -0.05) is 78.1 Å². The monoisotopic (exact) mass is 532 g/mol. The fraction of sp³-hybridized carbons (Fsp3) is 0.686. The van der Waals surface area contributed by atoms with E-state index in [1.54, 1.807) is 0 Å². The standard InChI is InChI=1S/C35H52N2O2/c1-3-5-7-8-9-10-12-28-13-17-29(18-14-28)32-25-36-34(37-26-32)30-21-23-33(24-22-30)39-35(38)31-19-15-27(16-20-31)11-6-4-2/h21-29,31H,3-20H2,1-2H3/t27?,28-,29-,31?. The third-order valence-corrected chi connectivity index (χ3v) is 9.43. The van der Waals surface area contributed by atoms with Gasteiger partial charge >= 0.3 is 5.97 Å². The van der Waals surface area contributed by atoms with Crippen LogP contribution in [-0.2, 0) is 4.79 Å². The highest BCUT2D eigenvalue weighted by Crippen LogP contribution is 2.38. The maximum Gasteiger partial charge on any atom is 0.314 e. The smallest absolute Gasteiger partial charge is 0.314 e. The summed E-state index contributed by atoms with van der Waals surface area (Å²) >= 11 is 0. The number of hydrogen-bond acceptors (Lipinski definition) is 4. The summed E-state index contributed by atoms with van der Waals surface area (Å²) in [6.07, 6.45) is 27.2. The maximum atomic E-state index is 12.7. The van der Waals surface area contributed by atoms with Crippen LogP contribution in [0.4, 0.5) is 0 Å².